The highest BCUT2D eigenvalue weighted by Crippen LogP contribution is 2.23. The van der Waals surface area contributed by atoms with E-state index in [9.17, 15) is 9.59 Å². The van der Waals surface area contributed by atoms with Crippen LogP contribution in [-0.2, 0) is 24.7 Å². The Hall–Kier alpha value is -2.63. The van der Waals surface area contributed by atoms with Crippen LogP contribution in [0.15, 0.2) is 36.8 Å². The first-order chi connectivity index (χ1) is 14.1. The third kappa shape index (κ3) is 5.46. The Kier molecular flexibility index (Phi) is 5.97. The molecule has 1 aromatic carbocycles. The number of piperidine rings is 1. The van der Waals surface area contributed by atoms with Crippen molar-refractivity contribution < 1.29 is 9.59 Å². The molecule has 6 heteroatoms. The second-order valence-electron chi connectivity index (χ2n) is 8.52. The van der Waals surface area contributed by atoms with Gasteiger partial charge in [0, 0.05) is 38.8 Å². The molecule has 1 saturated heterocycles. The van der Waals surface area contributed by atoms with Crippen molar-refractivity contribution in [1.82, 2.24) is 19.8 Å². The summed E-state index contributed by atoms with van der Waals surface area (Å²) in [5.74, 6) is 0.820. The van der Waals surface area contributed by atoms with Crippen molar-refractivity contribution in [3.8, 4) is 0 Å². The van der Waals surface area contributed by atoms with Gasteiger partial charge in [0.05, 0.1) is 6.33 Å². The van der Waals surface area contributed by atoms with Crippen LogP contribution in [0.5, 0.6) is 0 Å². The summed E-state index contributed by atoms with van der Waals surface area (Å²) in [4.78, 5) is 30.4. The van der Waals surface area contributed by atoms with Gasteiger partial charge in [0.1, 0.15) is 5.69 Å². The number of likely N-dealkylation sites (tertiary alicyclic amines) is 1. The number of carbonyl (C=O) groups excluding carboxylic acids is 2. The molecule has 0 bridgehead atoms. The molecule has 6 nitrogen and oxygen atoms in total. The van der Waals surface area contributed by atoms with Crippen molar-refractivity contribution in [3.05, 3.63) is 53.6 Å². The monoisotopic (exact) mass is 394 g/mol. The average molecular weight is 395 g/mol. The third-order valence-electron chi connectivity index (χ3n) is 5.96. The molecular formula is C23H30N4O2. The number of amides is 2. The molecule has 1 aliphatic carbocycles. The van der Waals surface area contributed by atoms with Crippen molar-refractivity contribution in [2.45, 2.75) is 51.0 Å². The van der Waals surface area contributed by atoms with Crippen LogP contribution in [0.2, 0.25) is 0 Å². The van der Waals surface area contributed by atoms with Gasteiger partial charge in [-0.3, -0.25) is 9.59 Å². The SMILES string of the molecule is Cn1cnc(C(=O)N2CCC(Cc3ccc(CCC(=O)NC4CC4)cc3)CC2)c1. The van der Waals surface area contributed by atoms with Crippen LogP contribution in [0.4, 0.5) is 0 Å². The van der Waals surface area contributed by atoms with Crippen LogP contribution in [0.3, 0.4) is 0 Å². The molecule has 0 atom stereocenters. The van der Waals surface area contributed by atoms with Crippen molar-refractivity contribution in [2.24, 2.45) is 13.0 Å². The number of hydrogen-bond acceptors (Lipinski definition) is 3. The highest BCUT2D eigenvalue weighted by Gasteiger charge is 2.25. The van der Waals surface area contributed by atoms with Crippen molar-refractivity contribution in [3.63, 3.8) is 0 Å². The average Bonchev–Trinajstić information content (AvgIpc) is 3.44. The minimum Gasteiger partial charge on any atom is -0.353 e. The van der Waals surface area contributed by atoms with E-state index in [0.29, 0.717) is 24.1 Å². The van der Waals surface area contributed by atoms with E-state index in [-0.39, 0.29) is 11.8 Å². The van der Waals surface area contributed by atoms with Crippen LogP contribution >= 0.6 is 0 Å². The van der Waals surface area contributed by atoms with Crippen LogP contribution < -0.4 is 5.32 Å². The van der Waals surface area contributed by atoms with Gasteiger partial charge in [-0.05, 0) is 55.6 Å². The third-order valence-corrected chi connectivity index (χ3v) is 5.96. The number of nitrogens with zero attached hydrogens (tertiary/aromatic N) is 3. The van der Waals surface area contributed by atoms with Crippen LogP contribution in [0.25, 0.3) is 0 Å². The van der Waals surface area contributed by atoms with E-state index in [0.717, 1.165) is 51.6 Å². The number of benzene rings is 1. The zero-order valence-electron chi connectivity index (χ0n) is 17.1. The molecule has 2 heterocycles. The smallest absolute Gasteiger partial charge is 0.274 e. The Morgan fingerprint density at radius 1 is 1.07 bits per heavy atom. The first-order valence-electron chi connectivity index (χ1n) is 10.7. The van der Waals surface area contributed by atoms with Gasteiger partial charge >= 0.3 is 0 Å². The maximum Gasteiger partial charge on any atom is 0.274 e. The molecule has 0 spiro atoms. The highest BCUT2D eigenvalue weighted by atomic mass is 16.2. The number of rotatable bonds is 7. The minimum atomic E-state index is 0.0409. The van der Waals surface area contributed by atoms with Crippen molar-refractivity contribution in [2.75, 3.05) is 13.1 Å². The first-order valence-corrected chi connectivity index (χ1v) is 10.7. The Morgan fingerprint density at radius 2 is 1.76 bits per heavy atom. The molecule has 0 radical (unpaired) electrons. The van der Waals surface area contributed by atoms with Gasteiger partial charge < -0.3 is 14.8 Å². The number of imidazole rings is 1. The Bertz CT molecular complexity index is 846. The molecule has 2 aliphatic rings. The summed E-state index contributed by atoms with van der Waals surface area (Å²) in [5, 5.41) is 3.04. The molecule has 154 valence electrons. The Morgan fingerprint density at radius 3 is 2.38 bits per heavy atom. The second kappa shape index (κ2) is 8.80. The van der Waals surface area contributed by atoms with Gasteiger partial charge in [0.25, 0.3) is 5.91 Å². The molecule has 1 aromatic heterocycles. The first kappa shape index (κ1) is 19.7. The fourth-order valence-electron chi connectivity index (χ4n) is 3.99. The maximum atomic E-state index is 12.5. The molecule has 1 saturated carbocycles. The Balaban J connectivity index is 1.21. The molecule has 29 heavy (non-hydrogen) atoms. The van der Waals surface area contributed by atoms with E-state index >= 15 is 0 Å². The summed E-state index contributed by atoms with van der Waals surface area (Å²) in [6.45, 7) is 1.60. The summed E-state index contributed by atoms with van der Waals surface area (Å²) in [5.41, 5.74) is 3.09. The Labute approximate surface area is 172 Å². The van der Waals surface area contributed by atoms with E-state index in [1.54, 1.807) is 12.5 Å². The lowest BCUT2D eigenvalue weighted by atomic mass is 9.89. The topological polar surface area (TPSA) is 67.2 Å². The van der Waals surface area contributed by atoms with Gasteiger partial charge in [-0.1, -0.05) is 24.3 Å². The zero-order chi connectivity index (χ0) is 20.2. The van der Waals surface area contributed by atoms with E-state index < -0.39 is 0 Å². The molecule has 1 N–H and O–H groups in total. The van der Waals surface area contributed by atoms with Gasteiger partial charge in [-0.25, -0.2) is 4.98 Å². The number of hydrogen-bond donors (Lipinski definition) is 1. The second-order valence-corrected chi connectivity index (χ2v) is 8.52. The normalized spacial score (nSPS) is 17.3. The number of aromatic nitrogens is 2. The minimum absolute atomic E-state index is 0.0409. The quantitative estimate of drug-likeness (QED) is 0.785. The number of aryl methyl sites for hydroxylation is 2. The fourth-order valence-corrected chi connectivity index (χ4v) is 3.99. The predicted molar refractivity (Wildman–Crippen MR) is 111 cm³/mol. The van der Waals surface area contributed by atoms with E-state index in [1.165, 1.54) is 11.1 Å². The van der Waals surface area contributed by atoms with Gasteiger partial charge in [-0.15, -0.1) is 0 Å². The lowest BCUT2D eigenvalue weighted by molar-refractivity contribution is -0.121. The van der Waals surface area contributed by atoms with E-state index in [2.05, 4.69) is 34.6 Å². The van der Waals surface area contributed by atoms with Crippen LogP contribution in [0.1, 0.15) is 53.7 Å². The predicted octanol–water partition coefficient (Wildman–Crippen LogP) is 2.73. The zero-order valence-corrected chi connectivity index (χ0v) is 17.1. The fraction of sp³-hybridized carbons (Fsp3) is 0.522. The van der Waals surface area contributed by atoms with Gasteiger partial charge in [0.2, 0.25) is 5.91 Å². The molecular weight excluding hydrogens is 364 g/mol. The largest absolute Gasteiger partial charge is 0.353 e. The molecule has 0 unspecified atom stereocenters. The van der Waals surface area contributed by atoms with Crippen LogP contribution in [-0.4, -0.2) is 45.4 Å². The number of nitrogens with one attached hydrogen (secondary N) is 1. The molecule has 2 fully saturated rings. The molecule has 1 aliphatic heterocycles. The van der Waals surface area contributed by atoms with Crippen molar-refractivity contribution in [1.29, 1.82) is 0 Å². The summed E-state index contributed by atoms with van der Waals surface area (Å²) in [6, 6.07) is 9.13. The molecule has 2 aromatic rings. The van der Waals surface area contributed by atoms with Gasteiger partial charge in [-0.2, -0.15) is 0 Å². The summed E-state index contributed by atoms with van der Waals surface area (Å²) < 4.78 is 1.81. The lowest BCUT2D eigenvalue weighted by Crippen LogP contribution is -2.39. The van der Waals surface area contributed by atoms with E-state index in [4.69, 9.17) is 0 Å². The summed E-state index contributed by atoms with van der Waals surface area (Å²) in [7, 11) is 1.88. The molecule has 4 rings (SSSR count). The summed E-state index contributed by atoms with van der Waals surface area (Å²) in [6.07, 6.45) is 10.2. The summed E-state index contributed by atoms with van der Waals surface area (Å²) >= 11 is 0. The van der Waals surface area contributed by atoms with E-state index in [1.807, 2.05) is 16.5 Å². The highest BCUT2D eigenvalue weighted by molar-refractivity contribution is 5.92. The van der Waals surface area contributed by atoms with Crippen molar-refractivity contribution >= 4 is 11.8 Å². The van der Waals surface area contributed by atoms with Gasteiger partial charge in [0.15, 0.2) is 0 Å². The number of carbonyl (C=O) groups is 2. The van der Waals surface area contributed by atoms with Crippen LogP contribution in [0, 0.1) is 5.92 Å². The lowest BCUT2D eigenvalue weighted by Gasteiger charge is -2.31. The standard InChI is InChI=1S/C23H30N4O2/c1-26-15-21(24-16-26)23(29)27-12-10-19(11-13-27)14-18-4-2-17(3-5-18)6-9-22(28)25-20-7-8-20/h2-5,15-16,19-20H,6-14H2,1H3,(H,25,28). The maximum absolute atomic E-state index is 12.5. The molecule has 2 amide bonds.